The standard InChI is InChI=1S/C8H6BrNO5/c1-15-6-3-4(9)2-5(8(11)12)7(6)10(13)14/h2-3H,1H3,(H,11,12). The summed E-state index contributed by atoms with van der Waals surface area (Å²) in [5.74, 6) is -1.46. The highest BCUT2D eigenvalue weighted by molar-refractivity contribution is 9.10. The summed E-state index contributed by atoms with van der Waals surface area (Å²) in [4.78, 5) is 20.6. The number of carbonyl (C=O) groups is 1. The summed E-state index contributed by atoms with van der Waals surface area (Å²) in [7, 11) is 1.24. The molecule has 0 heterocycles. The third-order valence-electron chi connectivity index (χ3n) is 1.67. The van der Waals surface area contributed by atoms with Gasteiger partial charge in [0.25, 0.3) is 0 Å². The van der Waals surface area contributed by atoms with Crippen LogP contribution in [0.2, 0.25) is 0 Å². The Hall–Kier alpha value is -1.63. The number of aromatic carboxylic acids is 1. The van der Waals surface area contributed by atoms with E-state index in [4.69, 9.17) is 9.84 Å². The van der Waals surface area contributed by atoms with Gasteiger partial charge < -0.3 is 9.84 Å². The zero-order chi connectivity index (χ0) is 11.6. The van der Waals surface area contributed by atoms with Crippen LogP contribution in [0.25, 0.3) is 0 Å². The second-order valence-corrected chi connectivity index (χ2v) is 3.48. The molecule has 0 radical (unpaired) electrons. The quantitative estimate of drug-likeness (QED) is 0.674. The molecule has 1 aromatic carbocycles. The number of methoxy groups -OCH3 is 1. The number of hydrogen-bond donors (Lipinski definition) is 1. The Morgan fingerprint density at radius 1 is 1.60 bits per heavy atom. The van der Waals surface area contributed by atoms with Crippen molar-refractivity contribution < 1.29 is 19.6 Å². The van der Waals surface area contributed by atoms with Gasteiger partial charge in [-0.3, -0.25) is 10.1 Å². The first-order chi connectivity index (χ1) is 6.97. The van der Waals surface area contributed by atoms with Crippen molar-refractivity contribution >= 4 is 27.6 Å². The van der Waals surface area contributed by atoms with E-state index in [1.807, 2.05) is 0 Å². The van der Waals surface area contributed by atoms with E-state index in [1.54, 1.807) is 0 Å². The van der Waals surface area contributed by atoms with Gasteiger partial charge in [0.1, 0.15) is 5.56 Å². The summed E-state index contributed by atoms with van der Waals surface area (Å²) in [6.45, 7) is 0. The van der Waals surface area contributed by atoms with Crippen molar-refractivity contribution in [1.82, 2.24) is 0 Å². The molecule has 0 saturated carbocycles. The molecule has 7 heteroatoms. The average Bonchev–Trinajstić information content (AvgIpc) is 2.15. The number of carboxylic acid groups (broad SMARTS) is 1. The molecule has 1 aromatic rings. The highest BCUT2D eigenvalue weighted by Gasteiger charge is 2.26. The Kier molecular flexibility index (Phi) is 3.25. The van der Waals surface area contributed by atoms with Crippen LogP contribution in [-0.2, 0) is 0 Å². The summed E-state index contributed by atoms with van der Waals surface area (Å²) in [5.41, 5.74) is -0.959. The molecule has 6 nitrogen and oxygen atoms in total. The van der Waals surface area contributed by atoms with Gasteiger partial charge in [-0.15, -0.1) is 0 Å². The molecule has 0 aliphatic carbocycles. The molecule has 0 aromatic heterocycles. The predicted octanol–water partition coefficient (Wildman–Crippen LogP) is 2.06. The zero-order valence-electron chi connectivity index (χ0n) is 7.56. The van der Waals surface area contributed by atoms with Crippen LogP contribution in [0.4, 0.5) is 5.69 Å². The van der Waals surface area contributed by atoms with Gasteiger partial charge in [0.2, 0.25) is 0 Å². The molecule has 0 aliphatic heterocycles. The first-order valence-electron chi connectivity index (χ1n) is 3.72. The van der Waals surface area contributed by atoms with Crippen molar-refractivity contribution in [3.8, 4) is 5.75 Å². The largest absolute Gasteiger partial charge is 0.490 e. The van der Waals surface area contributed by atoms with Crippen LogP contribution >= 0.6 is 15.9 Å². The summed E-state index contributed by atoms with van der Waals surface area (Å²) in [6.07, 6.45) is 0. The number of nitro groups is 1. The Labute approximate surface area is 92.8 Å². The van der Waals surface area contributed by atoms with Crippen LogP contribution < -0.4 is 4.74 Å². The van der Waals surface area contributed by atoms with Crippen LogP contribution in [0, 0.1) is 10.1 Å². The molecule has 0 fully saturated rings. The minimum absolute atomic E-state index is 0.0909. The van der Waals surface area contributed by atoms with Crippen LogP contribution in [0.1, 0.15) is 10.4 Å². The molecule has 0 saturated heterocycles. The van der Waals surface area contributed by atoms with Gasteiger partial charge in [0, 0.05) is 10.5 Å². The van der Waals surface area contributed by atoms with E-state index in [9.17, 15) is 14.9 Å². The number of ether oxygens (including phenoxy) is 1. The minimum atomic E-state index is -1.37. The number of carboxylic acids is 1. The number of halogens is 1. The fourth-order valence-corrected chi connectivity index (χ4v) is 1.52. The van der Waals surface area contributed by atoms with E-state index in [1.165, 1.54) is 13.2 Å². The number of nitrogens with zero attached hydrogens (tertiary/aromatic N) is 1. The highest BCUT2D eigenvalue weighted by Crippen LogP contribution is 2.34. The van der Waals surface area contributed by atoms with Gasteiger partial charge in [-0.2, -0.15) is 0 Å². The second kappa shape index (κ2) is 4.26. The van der Waals surface area contributed by atoms with Crippen molar-refractivity contribution in [2.75, 3.05) is 7.11 Å². The van der Waals surface area contributed by atoms with E-state index in [0.717, 1.165) is 6.07 Å². The fraction of sp³-hybridized carbons (Fsp3) is 0.125. The number of rotatable bonds is 3. The van der Waals surface area contributed by atoms with Crippen LogP contribution in [0.15, 0.2) is 16.6 Å². The van der Waals surface area contributed by atoms with Crippen molar-refractivity contribution in [3.05, 3.63) is 32.3 Å². The maximum Gasteiger partial charge on any atom is 0.342 e. The lowest BCUT2D eigenvalue weighted by molar-refractivity contribution is -0.386. The van der Waals surface area contributed by atoms with Crippen molar-refractivity contribution in [2.45, 2.75) is 0 Å². The third-order valence-corrected chi connectivity index (χ3v) is 2.13. The normalized spacial score (nSPS) is 9.73. The SMILES string of the molecule is COc1cc(Br)cc(C(=O)O)c1[N+](=O)[O-]. The molecule has 0 unspecified atom stereocenters. The molecular formula is C8H6BrNO5. The smallest absolute Gasteiger partial charge is 0.342 e. The van der Waals surface area contributed by atoms with Crippen molar-refractivity contribution in [1.29, 1.82) is 0 Å². The van der Waals surface area contributed by atoms with Gasteiger partial charge in [-0.1, -0.05) is 15.9 Å². The van der Waals surface area contributed by atoms with Crippen molar-refractivity contribution in [3.63, 3.8) is 0 Å². The fourth-order valence-electron chi connectivity index (χ4n) is 1.08. The maximum absolute atomic E-state index is 10.8. The van der Waals surface area contributed by atoms with E-state index >= 15 is 0 Å². The Morgan fingerprint density at radius 2 is 2.20 bits per heavy atom. The highest BCUT2D eigenvalue weighted by atomic mass is 79.9. The van der Waals surface area contributed by atoms with Crippen LogP contribution in [0.3, 0.4) is 0 Å². The van der Waals surface area contributed by atoms with Gasteiger partial charge in [-0.25, -0.2) is 4.79 Å². The summed E-state index contributed by atoms with van der Waals surface area (Å²) < 4.78 is 5.15. The van der Waals surface area contributed by atoms with E-state index in [-0.39, 0.29) is 5.75 Å². The molecule has 0 spiro atoms. The van der Waals surface area contributed by atoms with Gasteiger partial charge >= 0.3 is 11.7 Å². The van der Waals surface area contributed by atoms with Gasteiger partial charge in [0.15, 0.2) is 5.75 Å². The molecule has 1 rings (SSSR count). The van der Waals surface area contributed by atoms with Gasteiger partial charge in [0.05, 0.1) is 12.0 Å². The van der Waals surface area contributed by atoms with Crippen LogP contribution in [0.5, 0.6) is 5.75 Å². The Balaban J connectivity index is 3.54. The van der Waals surface area contributed by atoms with E-state index in [0.29, 0.717) is 4.47 Å². The first-order valence-corrected chi connectivity index (χ1v) is 4.52. The average molecular weight is 276 g/mol. The number of nitro benzene ring substituents is 1. The third kappa shape index (κ3) is 2.24. The molecule has 0 atom stereocenters. The van der Waals surface area contributed by atoms with E-state index < -0.39 is 22.1 Å². The van der Waals surface area contributed by atoms with E-state index in [2.05, 4.69) is 15.9 Å². The molecule has 0 bridgehead atoms. The molecule has 0 aliphatic rings. The molecule has 1 N–H and O–H groups in total. The number of benzene rings is 1. The Bertz CT molecular complexity index is 431. The lowest BCUT2D eigenvalue weighted by Gasteiger charge is -2.04. The summed E-state index contributed by atoms with van der Waals surface area (Å²) >= 11 is 3.04. The predicted molar refractivity (Wildman–Crippen MR) is 54.3 cm³/mol. The minimum Gasteiger partial charge on any atom is -0.490 e. The molecule has 15 heavy (non-hydrogen) atoms. The zero-order valence-corrected chi connectivity index (χ0v) is 9.15. The topological polar surface area (TPSA) is 89.7 Å². The van der Waals surface area contributed by atoms with Crippen LogP contribution in [-0.4, -0.2) is 23.1 Å². The molecular weight excluding hydrogens is 270 g/mol. The lowest BCUT2D eigenvalue weighted by atomic mass is 10.1. The second-order valence-electron chi connectivity index (χ2n) is 2.57. The molecule has 0 amide bonds. The van der Waals surface area contributed by atoms with Crippen molar-refractivity contribution in [2.24, 2.45) is 0 Å². The first kappa shape index (κ1) is 11.4. The summed E-state index contributed by atoms with van der Waals surface area (Å²) in [6, 6.07) is 2.49. The van der Waals surface area contributed by atoms with Gasteiger partial charge in [-0.05, 0) is 6.07 Å². The number of hydrogen-bond acceptors (Lipinski definition) is 4. The Morgan fingerprint density at radius 3 is 2.60 bits per heavy atom. The maximum atomic E-state index is 10.8. The monoisotopic (exact) mass is 275 g/mol. The molecule has 80 valence electrons. The summed E-state index contributed by atoms with van der Waals surface area (Å²) in [5, 5.41) is 19.4. The lowest BCUT2D eigenvalue weighted by Crippen LogP contribution is -2.04.